The topological polar surface area (TPSA) is 66.8 Å². The minimum Gasteiger partial charge on any atom is -0.463 e. The number of hydrogen-bond donors (Lipinski definition) is 1. The van der Waals surface area contributed by atoms with Gasteiger partial charge in [-0.1, -0.05) is 35.3 Å². The zero-order chi connectivity index (χ0) is 22.0. The number of alkyl halides is 3. The number of benzene rings is 2. The summed E-state index contributed by atoms with van der Waals surface area (Å²) in [5, 5.41) is 10.5. The second-order valence-electron chi connectivity index (χ2n) is 5.96. The van der Waals surface area contributed by atoms with Crippen LogP contribution < -0.4 is 4.90 Å². The number of carbonyl (C=O) groups is 2. The van der Waals surface area contributed by atoms with Gasteiger partial charge < -0.3 is 14.7 Å². The molecule has 0 heterocycles. The zero-order valence-electron chi connectivity index (χ0n) is 15.3. The fourth-order valence-electron chi connectivity index (χ4n) is 2.52. The Labute approximate surface area is 174 Å². The van der Waals surface area contributed by atoms with Crippen LogP contribution in [-0.4, -0.2) is 36.8 Å². The molecule has 10 heteroatoms. The lowest BCUT2D eigenvalue weighted by molar-refractivity contribution is -0.267. The molecule has 0 saturated heterocycles. The summed E-state index contributed by atoms with van der Waals surface area (Å²) in [7, 11) is 1.39. The number of aliphatic hydroxyl groups is 1. The van der Waals surface area contributed by atoms with Gasteiger partial charge in [0.15, 0.2) is 0 Å². The second kappa shape index (κ2) is 8.61. The number of anilines is 1. The van der Waals surface area contributed by atoms with Gasteiger partial charge in [-0.25, -0.2) is 4.79 Å². The molecule has 0 fully saturated rings. The van der Waals surface area contributed by atoms with Crippen molar-refractivity contribution in [3.05, 3.63) is 63.6 Å². The molecular weight excluding hydrogens is 434 g/mol. The number of nitrogens with zero attached hydrogens (tertiary/aromatic N) is 1. The largest absolute Gasteiger partial charge is 0.463 e. The Morgan fingerprint density at radius 2 is 1.69 bits per heavy atom. The van der Waals surface area contributed by atoms with Crippen LogP contribution in [0.25, 0.3) is 0 Å². The third kappa shape index (κ3) is 4.49. The Morgan fingerprint density at radius 1 is 1.10 bits per heavy atom. The monoisotopic (exact) mass is 449 g/mol. The summed E-state index contributed by atoms with van der Waals surface area (Å²) >= 11 is 11.8. The molecule has 0 radical (unpaired) electrons. The molecule has 0 aliphatic heterocycles. The normalized spacial score (nSPS) is 13.5. The first-order chi connectivity index (χ1) is 13.4. The van der Waals surface area contributed by atoms with Crippen molar-refractivity contribution >= 4 is 40.8 Å². The molecular formula is C19H16Cl2F3NO4. The van der Waals surface area contributed by atoms with Crippen LogP contribution in [0.3, 0.4) is 0 Å². The van der Waals surface area contributed by atoms with Crippen LogP contribution in [0.15, 0.2) is 42.5 Å². The predicted molar refractivity (Wildman–Crippen MR) is 102 cm³/mol. The average Bonchev–Trinajstić information content (AvgIpc) is 2.65. The number of amides is 1. The van der Waals surface area contributed by atoms with Crippen LogP contribution in [0.4, 0.5) is 18.9 Å². The Bertz CT molecular complexity index is 919. The first kappa shape index (κ1) is 23.0. The molecule has 2 aromatic rings. The molecule has 0 aliphatic carbocycles. The van der Waals surface area contributed by atoms with Crippen LogP contribution in [-0.2, 0) is 15.1 Å². The summed E-state index contributed by atoms with van der Waals surface area (Å²) in [5.41, 5.74) is -4.22. The Morgan fingerprint density at radius 3 is 2.17 bits per heavy atom. The fraction of sp³-hybridized carbons (Fsp3) is 0.263. The SMILES string of the molecule is CCOC(=O)[C@](O)(c1ccc(N(C)C(=O)c2ccc(Cl)cc2Cl)cc1)C(F)(F)F. The van der Waals surface area contributed by atoms with Crippen molar-refractivity contribution in [3.63, 3.8) is 0 Å². The van der Waals surface area contributed by atoms with E-state index in [4.69, 9.17) is 23.2 Å². The van der Waals surface area contributed by atoms with E-state index < -0.39 is 29.2 Å². The molecule has 5 nitrogen and oxygen atoms in total. The summed E-state index contributed by atoms with van der Waals surface area (Å²) in [6.07, 6.45) is -5.31. The number of rotatable bonds is 5. The van der Waals surface area contributed by atoms with E-state index in [1.807, 2.05) is 0 Å². The Balaban J connectivity index is 2.37. The van der Waals surface area contributed by atoms with Crippen molar-refractivity contribution in [2.75, 3.05) is 18.6 Å². The van der Waals surface area contributed by atoms with Gasteiger partial charge in [0.1, 0.15) is 0 Å². The van der Waals surface area contributed by atoms with Gasteiger partial charge in [0.05, 0.1) is 17.2 Å². The third-order valence-electron chi connectivity index (χ3n) is 4.12. The van der Waals surface area contributed by atoms with Gasteiger partial charge in [-0.2, -0.15) is 13.2 Å². The lowest BCUT2D eigenvalue weighted by Gasteiger charge is -2.29. The second-order valence-corrected chi connectivity index (χ2v) is 6.81. The smallest absolute Gasteiger partial charge is 0.432 e. The lowest BCUT2D eigenvalue weighted by Crippen LogP contribution is -2.50. The fourth-order valence-corrected chi connectivity index (χ4v) is 3.01. The average molecular weight is 450 g/mol. The van der Waals surface area contributed by atoms with Gasteiger partial charge >= 0.3 is 12.1 Å². The summed E-state index contributed by atoms with van der Waals surface area (Å²) in [4.78, 5) is 25.6. The molecule has 29 heavy (non-hydrogen) atoms. The van der Waals surface area contributed by atoms with Gasteiger partial charge in [0.2, 0.25) is 0 Å². The van der Waals surface area contributed by atoms with E-state index >= 15 is 0 Å². The van der Waals surface area contributed by atoms with Crippen LogP contribution >= 0.6 is 23.2 Å². The van der Waals surface area contributed by atoms with E-state index in [2.05, 4.69) is 4.74 Å². The summed E-state index contributed by atoms with van der Waals surface area (Å²) < 4.78 is 44.6. The van der Waals surface area contributed by atoms with E-state index in [0.717, 1.165) is 29.2 Å². The maximum atomic E-state index is 13.4. The molecule has 1 atom stereocenters. The van der Waals surface area contributed by atoms with Crippen LogP contribution in [0.1, 0.15) is 22.8 Å². The van der Waals surface area contributed by atoms with Crippen molar-refractivity contribution in [3.8, 4) is 0 Å². The summed E-state index contributed by atoms with van der Waals surface area (Å²) in [5.74, 6) is -2.37. The van der Waals surface area contributed by atoms with Gasteiger partial charge in [-0.05, 0) is 37.3 Å². The summed E-state index contributed by atoms with van der Waals surface area (Å²) in [6, 6.07) is 8.39. The van der Waals surface area contributed by atoms with E-state index in [-0.39, 0.29) is 22.9 Å². The van der Waals surface area contributed by atoms with Crippen LogP contribution in [0.2, 0.25) is 10.0 Å². The number of esters is 1. The molecule has 0 bridgehead atoms. The van der Waals surface area contributed by atoms with Gasteiger partial charge in [-0.3, -0.25) is 4.79 Å². The first-order valence-electron chi connectivity index (χ1n) is 8.23. The quantitative estimate of drug-likeness (QED) is 0.678. The molecule has 2 rings (SSSR count). The van der Waals surface area contributed by atoms with Crippen molar-refractivity contribution in [2.24, 2.45) is 0 Å². The van der Waals surface area contributed by atoms with E-state index in [1.165, 1.54) is 32.2 Å². The van der Waals surface area contributed by atoms with Crippen LogP contribution in [0, 0.1) is 0 Å². The third-order valence-corrected chi connectivity index (χ3v) is 4.67. The molecule has 1 amide bonds. The zero-order valence-corrected chi connectivity index (χ0v) is 16.8. The lowest BCUT2D eigenvalue weighted by atomic mass is 9.93. The van der Waals surface area contributed by atoms with Gasteiger partial charge in [0, 0.05) is 23.3 Å². The van der Waals surface area contributed by atoms with Crippen molar-refractivity contribution in [1.82, 2.24) is 0 Å². The van der Waals surface area contributed by atoms with Gasteiger partial charge in [0.25, 0.3) is 11.5 Å². The molecule has 0 saturated carbocycles. The highest BCUT2D eigenvalue weighted by molar-refractivity contribution is 6.37. The highest BCUT2D eigenvalue weighted by Gasteiger charge is 2.62. The number of hydrogen-bond acceptors (Lipinski definition) is 4. The molecule has 0 spiro atoms. The van der Waals surface area contributed by atoms with E-state index in [9.17, 15) is 27.9 Å². The number of carbonyl (C=O) groups excluding carboxylic acids is 2. The number of ether oxygens (including phenoxy) is 1. The molecule has 0 aromatic heterocycles. The van der Waals surface area contributed by atoms with Crippen LogP contribution in [0.5, 0.6) is 0 Å². The number of halogens is 5. The molecule has 2 aromatic carbocycles. The van der Waals surface area contributed by atoms with Crippen molar-refractivity contribution in [1.29, 1.82) is 0 Å². The molecule has 1 N–H and O–H groups in total. The van der Waals surface area contributed by atoms with E-state index in [1.54, 1.807) is 0 Å². The van der Waals surface area contributed by atoms with Crippen molar-refractivity contribution in [2.45, 2.75) is 18.7 Å². The van der Waals surface area contributed by atoms with E-state index in [0.29, 0.717) is 5.02 Å². The minimum absolute atomic E-state index is 0.111. The standard InChI is InChI=1S/C19H16Cl2F3NO4/c1-3-29-17(27)18(28,19(22,23)24)11-4-7-13(8-5-11)25(2)16(26)14-9-6-12(20)10-15(14)21/h4-10,28H,3H2,1-2H3/t18-/m1/s1. The first-order valence-corrected chi connectivity index (χ1v) is 8.99. The predicted octanol–water partition coefficient (Wildman–Crippen LogP) is 4.58. The Kier molecular flexibility index (Phi) is 6.82. The highest BCUT2D eigenvalue weighted by Crippen LogP contribution is 2.40. The molecule has 156 valence electrons. The molecule has 0 unspecified atom stereocenters. The maximum Gasteiger partial charge on any atom is 0.432 e. The van der Waals surface area contributed by atoms with Crippen molar-refractivity contribution < 1.29 is 32.6 Å². The molecule has 0 aliphatic rings. The highest BCUT2D eigenvalue weighted by atomic mass is 35.5. The van der Waals surface area contributed by atoms with Gasteiger partial charge in [-0.15, -0.1) is 0 Å². The summed E-state index contributed by atoms with van der Waals surface area (Å²) in [6.45, 7) is 0.981. The minimum atomic E-state index is -5.31. The Hall–Kier alpha value is -2.29. The maximum absolute atomic E-state index is 13.4.